The number of hydrogen-bond donors (Lipinski definition) is 2. The lowest BCUT2D eigenvalue weighted by atomic mass is 9.81. The smallest absolute Gasteiger partial charge is 0.220 e. The first-order chi connectivity index (χ1) is 8.85. The Morgan fingerprint density at radius 3 is 2.42 bits per heavy atom. The van der Waals surface area contributed by atoms with Crippen molar-refractivity contribution in [2.24, 2.45) is 5.92 Å². The molecular formula is C16H25NO2. The zero-order chi connectivity index (χ0) is 14.5. The average Bonchev–Trinajstić information content (AvgIpc) is 2.36. The summed E-state index contributed by atoms with van der Waals surface area (Å²) in [6, 6.07) is 8.31. The second-order valence-corrected chi connectivity index (χ2v) is 6.02. The molecule has 0 spiro atoms. The Kier molecular flexibility index (Phi) is 5.55. The highest BCUT2D eigenvalue weighted by Gasteiger charge is 2.24. The molecule has 1 rings (SSSR count). The highest BCUT2D eigenvalue weighted by molar-refractivity contribution is 5.77. The number of aliphatic hydroxyl groups is 1. The molecule has 0 aromatic heterocycles. The molecule has 1 aromatic rings. The summed E-state index contributed by atoms with van der Waals surface area (Å²) in [5.74, 6) is 0.136. The van der Waals surface area contributed by atoms with Crippen molar-refractivity contribution in [1.82, 2.24) is 5.32 Å². The summed E-state index contributed by atoms with van der Waals surface area (Å²) in [6.45, 7) is 8.74. The molecule has 3 nitrogen and oxygen atoms in total. The van der Waals surface area contributed by atoms with Crippen LogP contribution in [0, 0.1) is 12.8 Å². The minimum absolute atomic E-state index is 0.0332. The number of nitrogens with one attached hydrogen (secondary N) is 1. The van der Waals surface area contributed by atoms with Crippen LogP contribution in [-0.2, 0) is 10.2 Å². The molecule has 3 heteroatoms. The normalized spacial score (nSPS) is 13.1. The Balaban J connectivity index is 2.58. The maximum atomic E-state index is 11.9. The number of rotatable bonds is 6. The van der Waals surface area contributed by atoms with Gasteiger partial charge in [0, 0.05) is 19.6 Å². The molecule has 0 heterocycles. The number of amides is 1. The van der Waals surface area contributed by atoms with Crippen LogP contribution in [0.4, 0.5) is 0 Å². The van der Waals surface area contributed by atoms with Crippen LogP contribution in [-0.4, -0.2) is 24.2 Å². The van der Waals surface area contributed by atoms with Gasteiger partial charge in [-0.1, -0.05) is 50.6 Å². The van der Waals surface area contributed by atoms with Crippen molar-refractivity contribution < 1.29 is 9.90 Å². The van der Waals surface area contributed by atoms with Crippen molar-refractivity contribution in [3.63, 3.8) is 0 Å². The zero-order valence-corrected chi connectivity index (χ0v) is 12.4. The van der Waals surface area contributed by atoms with Crippen LogP contribution in [0.5, 0.6) is 0 Å². The molecule has 0 aliphatic heterocycles. The van der Waals surface area contributed by atoms with Gasteiger partial charge in [0.1, 0.15) is 0 Å². The average molecular weight is 263 g/mol. The Hall–Kier alpha value is -1.35. The topological polar surface area (TPSA) is 49.3 Å². The van der Waals surface area contributed by atoms with Gasteiger partial charge in [-0.25, -0.2) is 0 Å². The van der Waals surface area contributed by atoms with E-state index in [4.69, 9.17) is 5.11 Å². The predicted molar refractivity (Wildman–Crippen MR) is 78.1 cm³/mol. The maximum absolute atomic E-state index is 11.9. The van der Waals surface area contributed by atoms with Crippen molar-refractivity contribution >= 4 is 5.91 Å². The number of benzene rings is 1. The Morgan fingerprint density at radius 2 is 1.89 bits per heavy atom. The first kappa shape index (κ1) is 15.7. The monoisotopic (exact) mass is 263 g/mol. The number of aliphatic hydroxyl groups excluding tert-OH is 1. The van der Waals surface area contributed by atoms with Crippen LogP contribution in [0.15, 0.2) is 24.3 Å². The van der Waals surface area contributed by atoms with E-state index in [0.717, 1.165) is 0 Å². The molecule has 0 fully saturated rings. The predicted octanol–water partition coefficient (Wildman–Crippen LogP) is 2.41. The van der Waals surface area contributed by atoms with Gasteiger partial charge in [-0.15, -0.1) is 0 Å². The van der Waals surface area contributed by atoms with Crippen LogP contribution in [0.2, 0.25) is 0 Å². The summed E-state index contributed by atoms with van der Waals surface area (Å²) in [5, 5.41) is 11.8. The highest BCUT2D eigenvalue weighted by atomic mass is 16.3. The lowest BCUT2D eigenvalue weighted by Crippen LogP contribution is -2.34. The second kappa shape index (κ2) is 6.71. The van der Waals surface area contributed by atoms with Crippen LogP contribution in [0.25, 0.3) is 0 Å². The quantitative estimate of drug-likeness (QED) is 0.828. The van der Waals surface area contributed by atoms with Gasteiger partial charge in [-0.3, -0.25) is 4.79 Å². The van der Waals surface area contributed by atoms with E-state index >= 15 is 0 Å². The largest absolute Gasteiger partial charge is 0.396 e. The van der Waals surface area contributed by atoms with E-state index < -0.39 is 0 Å². The molecular weight excluding hydrogens is 238 g/mol. The van der Waals surface area contributed by atoms with E-state index in [1.54, 1.807) is 0 Å². The van der Waals surface area contributed by atoms with Gasteiger partial charge in [-0.05, 0) is 23.8 Å². The van der Waals surface area contributed by atoms with Crippen molar-refractivity contribution in [2.45, 2.75) is 39.5 Å². The molecule has 0 radical (unpaired) electrons. The number of aryl methyl sites for hydroxylation is 1. The molecule has 0 aliphatic rings. The molecule has 1 aromatic carbocycles. The second-order valence-electron chi connectivity index (χ2n) is 6.02. The number of carbonyl (C=O) groups is 1. The molecule has 1 amide bonds. The number of carbonyl (C=O) groups excluding carboxylic acids is 1. The highest BCUT2D eigenvalue weighted by Crippen LogP contribution is 2.27. The van der Waals surface area contributed by atoms with Crippen LogP contribution >= 0.6 is 0 Å². The summed E-state index contributed by atoms with van der Waals surface area (Å²) in [4.78, 5) is 11.9. The van der Waals surface area contributed by atoms with Crippen molar-refractivity contribution in [3.8, 4) is 0 Å². The third-order valence-corrected chi connectivity index (χ3v) is 3.39. The minimum Gasteiger partial charge on any atom is -0.396 e. The van der Waals surface area contributed by atoms with Crippen molar-refractivity contribution in [1.29, 1.82) is 0 Å². The zero-order valence-electron chi connectivity index (χ0n) is 12.4. The van der Waals surface area contributed by atoms with E-state index in [9.17, 15) is 4.79 Å². The molecule has 0 saturated heterocycles. The van der Waals surface area contributed by atoms with Gasteiger partial charge in [0.05, 0.1) is 0 Å². The molecule has 19 heavy (non-hydrogen) atoms. The molecule has 0 bridgehead atoms. The summed E-state index contributed by atoms with van der Waals surface area (Å²) in [7, 11) is 0. The van der Waals surface area contributed by atoms with Crippen molar-refractivity contribution in [3.05, 3.63) is 35.4 Å². The Morgan fingerprint density at radius 1 is 1.32 bits per heavy atom. The van der Waals surface area contributed by atoms with E-state index in [2.05, 4.69) is 50.4 Å². The van der Waals surface area contributed by atoms with E-state index in [0.29, 0.717) is 13.0 Å². The fourth-order valence-corrected chi connectivity index (χ4v) is 1.92. The Labute approximate surface area is 116 Å². The molecule has 0 aliphatic carbocycles. The lowest BCUT2D eigenvalue weighted by molar-refractivity contribution is -0.122. The molecule has 0 saturated carbocycles. The molecule has 2 N–H and O–H groups in total. The third kappa shape index (κ3) is 5.03. The summed E-state index contributed by atoms with van der Waals surface area (Å²) < 4.78 is 0. The molecule has 1 unspecified atom stereocenters. The van der Waals surface area contributed by atoms with Gasteiger partial charge in [-0.2, -0.15) is 0 Å². The summed E-state index contributed by atoms with van der Waals surface area (Å²) in [5.41, 5.74) is 2.21. The maximum Gasteiger partial charge on any atom is 0.220 e. The van der Waals surface area contributed by atoms with E-state index in [1.165, 1.54) is 11.1 Å². The first-order valence-corrected chi connectivity index (χ1v) is 6.80. The van der Waals surface area contributed by atoms with Crippen LogP contribution in [0.3, 0.4) is 0 Å². The molecule has 1 atom stereocenters. The van der Waals surface area contributed by atoms with Gasteiger partial charge < -0.3 is 10.4 Å². The third-order valence-electron chi connectivity index (χ3n) is 3.39. The SMILES string of the molecule is Cc1ccc(C(C)(C)CC(=O)NCC(C)CO)cc1. The lowest BCUT2D eigenvalue weighted by Gasteiger charge is -2.25. The standard InChI is InChI=1S/C16H25NO2/c1-12-5-7-14(8-6-12)16(3,4)9-15(19)17-10-13(2)11-18/h5-8,13,18H,9-11H2,1-4H3,(H,17,19). The fraction of sp³-hybridized carbons (Fsp3) is 0.562. The van der Waals surface area contributed by atoms with E-state index in [1.807, 2.05) is 6.92 Å². The van der Waals surface area contributed by atoms with E-state index in [-0.39, 0.29) is 23.8 Å². The Bertz CT molecular complexity index is 409. The van der Waals surface area contributed by atoms with Gasteiger partial charge in [0.25, 0.3) is 0 Å². The first-order valence-electron chi connectivity index (χ1n) is 6.80. The van der Waals surface area contributed by atoms with Gasteiger partial charge in [0.15, 0.2) is 0 Å². The summed E-state index contributed by atoms with van der Waals surface area (Å²) >= 11 is 0. The van der Waals surface area contributed by atoms with Gasteiger partial charge in [0.2, 0.25) is 5.91 Å². The summed E-state index contributed by atoms with van der Waals surface area (Å²) in [6.07, 6.45) is 0.453. The minimum atomic E-state index is -0.180. The van der Waals surface area contributed by atoms with Crippen LogP contribution < -0.4 is 5.32 Å². The fourth-order valence-electron chi connectivity index (χ4n) is 1.92. The molecule has 106 valence electrons. The number of hydrogen-bond acceptors (Lipinski definition) is 2. The van der Waals surface area contributed by atoms with Gasteiger partial charge >= 0.3 is 0 Å². The van der Waals surface area contributed by atoms with Crippen molar-refractivity contribution in [2.75, 3.05) is 13.2 Å². The van der Waals surface area contributed by atoms with Crippen LogP contribution in [0.1, 0.15) is 38.3 Å².